The average molecular weight is 395 g/mol. The molecule has 5 heteroatoms. The summed E-state index contributed by atoms with van der Waals surface area (Å²) in [5, 5.41) is 12.8. The van der Waals surface area contributed by atoms with Gasteiger partial charge in [-0.2, -0.15) is 0 Å². The van der Waals surface area contributed by atoms with E-state index in [1.165, 1.54) is 5.56 Å². The second kappa shape index (κ2) is 8.24. The lowest BCUT2D eigenvalue weighted by Gasteiger charge is -2.11. The first-order chi connectivity index (χ1) is 14.6. The van der Waals surface area contributed by atoms with Crippen molar-refractivity contribution in [3.05, 3.63) is 77.6 Å². The van der Waals surface area contributed by atoms with Gasteiger partial charge in [0.15, 0.2) is 0 Å². The Morgan fingerprint density at radius 3 is 2.57 bits per heavy atom. The van der Waals surface area contributed by atoms with Crippen LogP contribution in [0.2, 0.25) is 0 Å². The van der Waals surface area contributed by atoms with Crippen molar-refractivity contribution in [1.29, 1.82) is 0 Å². The van der Waals surface area contributed by atoms with Gasteiger partial charge in [0.1, 0.15) is 11.3 Å². The van der Waals surface area contributed by atoms with Crippen molar-refractivity contribution in [3.63, 3.8) is 0 Å². The first kappa shape index (κ1) is 19.4. The molecule has 0 saturated carbocycles. The van der Waals surface area contributed by atoms with E-state index in [4.69, 9.17) is 6.42 Å². The van der Waals surface area contributed by atoms with Crippen LogP contribution in [0, 0.1) is 19.3 Å². The molecule has 1 heterocycles. The van der Waals surface area contributed by atoms with Gasteiger partial charge in [-0.25, -0.2) is 9.78 Å². The summed E-state index contributed by atoms with van der Waals surface area (Å²) < 4.78 is 0. The molecular weight excluding hydrogens is 374 g/mol. The average Bonchev–Trinajstić information content (AvgIpc) is 3.13. The highest BCUT2D eigenvalue weighted by Gasteiger charge is 2.15. The number of fused-ring (bicyclic) bond motifs is 1. The molecule has 0 radical (unpaired) electrons. The van der Waals surface area contributed by atoms with E-state index in [1.807, 2.05) is 37.3 Å². The number of benzene rings is 3. The minimum absolute atomic E-state index is 0.195. The molecule has 5 nitrogen and oxygen atoms in total. The molecule has 3 aromatic carbocycles. The molecule has 30 heavy (non-hydrogen) atoms. The Morgan fingerprint density at radius 1 is 1.10 bits per heavy atom. The monoisotopic (exact) mass is 395 g/mol. The summed E-state index contributed by atoms with van der Waals surface area (Å²) >= 11 is 0. The van der Waals surface area contributed by atoms with Crippen molar-refractivity contribution in [2.45, 2.75) is 13.5 Å². The van der Waals surface area contributed by atoms with Crippen LogP contribution in [0.4, 0.5) is 0 Å². The van der Waals surface area contributed by atoms with Crippen LogP contribution in [0.5, 0.6) is 0 Å². The van der Waals surface area contributed by atoms with Crippen LogP contribution in [0.15, 0.2) is 60.7 Å². The highest BCUT2D eigenvalue weighted by molar-refractivity contribution is 6.03. The van der Waals surface area contributed by atoms with E-state index in [1.54, 1.807) is 6.07 Å². The fraction of sp³-hybridized carbons (Fsp3) is 0.120. The molecule has 0 amide bonds. The van der Waals surface area contributed by atoms with Crippen LogP contribution in [0.3, 0.4) is 0 Å². The zero-order valence-electron chi connectivity index (χ0n) is 16.6. The summed E-state index contributed by atoms with van der Waals surface area (Å²) in [4.78, 5) is 19.2. The van der Waals surface area contributed by atoms with Gasteiger partial charge in [0.25, 0.3) is 0 Å². The molecule has 0 bridgehead atoms. The molecule has 0 aliphatic carbocycles. The molecule has 0 aliphatic heterocycles. The molecule has 3 N–H and O–H groups in total. The summed E-state index contributed by atoms with van der Waals surface area (Å²) in [7, 11) is 0. The van der Waals surface area contributed by atoms with Gasteiger partial charge < -0.3 is 15.4 Å². The summed E-state index contributed by atoms with van der Waals surface area (Å²) in [6, 6.07) is 19.9. The van der Waals surface area contributed by atoms with E-state index in [9.17, 15) is 9.90 Å². The largest absolute Gasteiger partial charge is 0.478 e. The maximum Gasteiger partial charge on any atom is 0.337 e. The SMILES string of the molecule is C#CCNCc1ccccc1-c1ccc(-c2cc(C(=O)O)c3nc(C)[nH]c3c2)cc1. The third-order valence-corrected chi connectivity index (χ3v) is 5.02. The first-order valence-electron chi connectivity index (χ1n) is 9.63. The standard InChI is InChI=1S/C25H21N3O2/c1-3-12-26-15-19-6-4-5-7-21(19)18-10-8-17(9-11-18)20-13-22(25(29)30)24-23(14-20)27-16(2)28-24/h1,4-11,13-14,26H,12,15H2,2H3,(H,27,28)(H,29,30). The number of carboxylic acids is 1. The highest BCUT2D eigenvalue weighted by Crippen LogP contribution is 2.30. The van der Waals surface area contributed by atoms with Crippen molar-refractivity contribution in [2.24, 2.45) is 0 Å². The molecule has 1 aromatic heterocycles. The molecule has 0 aliphatic rings. The Balaban J connectivity index is 1.70. The second-order valence-electron chi connectivity index (χ2n) is 7.09. The maximum absolute atomic E-state index is 11.7. The summed E-state index contributed by atoms with van der Waals surface area (Å²) in [6.45, 7) is 3.03. The molecule has 0 saturated heterocycles. The lowest BCUT2D eigenvalue weighted by Crippen LogP contribution is -2.13. The fourth-order valence-electron chi connectivity index (χ4n) is 3.64. The van der Waals surface area contributed by atoms with Gasteiger partial charge in [-0.15, -0.1) is 6.42 Å². The Morgan fingerprint density at radius 2 is 1.83 bits per heavy atom. The first-order valence-corrected chi connectivity index (χ1v) is 9.63. The number of nitrogens with zero attached hydrogens (tertiary/aromatic N) is 1. The van der Waals surface area contributed by atoms with E-state index in [2.05, 4.69) is 45.5 Å². The molecule has 0 unspecified atom stereocenters. The van der Waals surface area contributed by atoms with E-state index >= 15 is 0 Å². The number of terminal acetylenes is 1. The zero-order chi connectivity index (χ0) is 21.1. The van der Waals surface area contributed by atoms with Gasteiger partial charge in [0.2, 0.25) is 0 Å². The predicted molar refractivity (Wildman–Crippen MR) is 119 cm³/mol. The number of nitrogens with one attached hydrogen (secondary N) is 2. The summed E-state index contributed by atoms with van der Waals surface area (Å²) in [6.07, 6.45) is 5.32. The lowest BCUT2D eigenvalue weighted by molar-refractivity contribution is 0.0699. The van der Waals surface area contributed by atoms with Crippen LogP contribution >= 0.6 is 0 Å². The maximum atomic E-state index is 11.7. The number of H-pyrrole nitrogens is 1. The Labute approximate surface area is 174 Å². The summed E-state index contributed by atoms with van der Waals surface area (Å²) in [5.74, 6) is 2.29. The number of rotatable bonds is 6. The fourth-order valence-corrected chi connectivity index (χ4v) is 3.64. The quantitative estimate of drug-likeness (QED) is 0.329. The van der Waals surface area contributed by atoms with Crippen molar-refractivity contribution in [3.8, 4) is 34.6 Å². The van der Waals surface area contributed by atoms with Crippen LogP contribution in [-0.2, 0) is 6.54 Å². The number of hydrogen-bond acceptors (Lipinski definition) is 3. The second-order valence-corrected chi connectivity index (χ2v) is 7.09. The van der Waals surface area contributed by atoms with E-state index in [0.29, 0.717) is 24.4 Å². The van der Waals surface area contributed by atoms with Crippen LogP contribution in [0.25, 0.3) is 33.3 Å². The van der Waals surface area contributed by atoms with Crippen LogP contribution in [0.1, 0.15) is 21.7 Å². The van der Waals surface area contributed by atoms with Gasteiger partial charge in [-0.3, -0.25) is 0 Å². The normalized spacial score (nSPS) is 10.8. The molecule has 0 fully saturated rings. The van der Waals surface area contributed by atoms with E-state index in [0.717, 1.165) is 27.8 Å². The van der Waals surface area contributed by atoms with E-state index in [-0.39, 0.29) is 5.56 Å². The molecule has 0 spiro atoms. The van der Waals surface area contributed by atoms with Crippen LogP contribution in [-0.4, -0.2) is 27.6 Å². The topological polar surface area (TPSA) is 78.0 Å². The smallest absolute Gasteiger partial charge is 0.337 e. The number of hydrogen-bond donors (Lipinski definition) is 3. The van der Waals surface area contributed by atoms with E-state index < -0.39 is 5.97 Å². The minimum Gasteiger partial charge on any atom is -0.478 e. The van der Waals surface area contributed by atoms with Crippen molar-refractivity contribution in [2.75, 3.05) is 6.54 Å². The number of carboxylic acid groups (broad SMARTS) is 1. The zero-order valence-corrected chi connectivity index (χ0v) is 16.6. The third kappa shape index (κ3) is 3.82. The van der Waals surface area contributed by atoms with Gasteiger partial charge in [-0.05, 0) is 46.9 Å². The van der Waals surface area contributed by atoms with Crippen molar-refractivity contribution < 1.29 is 9.90 Å². The van der Waals surface area contributed by atoms with Crippen molar-refractivity contribution in [1.82, 2.24) is 15.3 Å². The number of imidazole rings is 1. The molecule has 0 atom stereocenters. The summed E-state index contributed by atoms with van der Waals surface area (Å²) in [5.41, 5.74) is 6.57. The van der Waals surface area contributed by atoms with Gasteiger partial charge in [0, 0.05) is 6.54 Å². The number of aromatic nitrogens is 2. The Kier molecular flexibility index (Phi) is 5.34. The highest BCUT2D eigenvalue weighted by atomic mass is 16.4. The lowest BCUT2D eigenvalue weighted by atomic mass is 9.96. The Bertz CT molecular complexity index is 1260. The minimum atomic E-state index is -0.988. The number of aryl methyl sites for hydroxylation is 1. The third-order valence-electron chi connectivity index (χ3n) is 5.02. The van der Waals surface area contributed by atoms with Gasteiger partial charge >= 0.3 is 5.97 Å². The molecule has 4 aromatic rings. The Hall–Kier alpha value is -3.88. The number of aromatic carboxylic acids is 1. The van der Waals surface area contributed by atoms with Gasteiger partial charge in [-0.1, -0.05) is 54.5 Å². The number of aromatic amines is 1. The predicted octanol–water partition coefficient (Wildman–Crippen LogP) is 4.63. The van der Waals surface area contributed by atoms with Gasteiger partial charge in [0.05, 0.1) is 17.6 Å². The van der Waals surface area contributed by atoms with Crippen molar-refractivity contribution >= 4 is 17.0 Å². The molecule has 4 rings (SSSR count). The number of carbonyl (C=O) groups is 1. The molecular formula is C25H21N3O2. The molecule has 148 valence electrons. The van der Waals surface area contributed by atoms with Crippen LogP contribution < -0.4 is 5.32 Å².